The Morgan fingerprint density at radius 1 is 0.839 bits per heavy atom. The first kappa shape index (κ1) is 20.0. The highest BCUT2D eigenvalue weighted by atomic mass is 16.5. The molecule has 0 unspecified atom stereocenters. The molecule has 1 heterocycles. The van der Waals surface area contributed by atoms with Crippen LogP contribution in [0.1, 0.15) is 0 Å². The molecule has 0 saturated heterocycles. The quantitative estimate of drug-likeness (QED) is 0.237. The first-order valence-corrected chi connectivity index (χ1v) is 9.36. The second-order valence-corrected chi connectivity index (χ2v) is 6.56. The molecule has 0 aliphatic rings. The minimum Gasteiger partial charge on any atom is -0.492 e. The van der Waals surface area contributed by atoms with Gasteiger partial charge in [0.2, 0.25) is 0 Å². The Labute approximate surface area is 177 Å². The summed E-state index contributed by atoms with van der Waals surface area (Å²) >= 11 is 0. The highest BCUT2D eigenvalue weighted by Gasteiger charge is 2.17. The first-order valence-electron chi connectivity index (χ1n) is 9.36. The number of hydrogen-bond donors (Lipinski definition) is 0. The van der Waals surface area contributed by atoms with Crippen LogP contribution in [0.3, 0.4) is 0 Å². The number of carbonyl (C=O) groups is 2. The SMILES string of the molecule is C=CC(=O)Oc1ccc(-c2ccc3c(oc4cc(OC(=O)C=C)ccc43)c2OC)cc1. The van der Waals surface area contributed by atoms with Crippen molar-refractivity contribution >= 4 is 33.9 Å². The molecule has 4 rings (SSSR count). The molecule has 0 atom stereocenters. The van der Waals surface area contributed by atoms with Crippen LogP contribution in [-0.2, 0) is 9.59 Å². The van der Waals surface area contributed by atoms with Crippen LogP contribution >= 0.6 is 0 Å². The molecular weight excluding hydrogens is 396 g/mol. The fourth-order valence-corrected chi connectivity index (χ4v) is 3.31. The van der Waals surface area contributed by atoms with Crippen LogP contribution in [0.25, 0.3) is 33.1 Å². The third kappa shape index (κ3) is 3.79. The molecule has 6 heteroatoms. The summed E-state index contributed by atoms with van der Waals surface area (Å²) in [6.45, 7) is 6.78. The Kier molecular flexibility index (Phi) is 5.28. The van der Waals surface area contributed by atoms with Gasteiger partial charge in [0.25, 0.3) is 0 Å². The van der Waals surface area contributed by atoms with Crippen molar-refractivity contribution in [1.29, 1.82) is 0 Å². The Balaban J connectivity index is 1.77. The summed E-state index contributed by atoms with van der Waals surface area (Å²) in [4.78, 5) is 22.8. The van der Waals surface area contributed by atoms with Crippen molar-refractivity contribution in [3.05, 3.63) is 79.9 Å². The molecule has 1 aromatic heterocycles. The molecule has 3 aromatic carbocycles. The number of ether oxygens (including phenoxy) is 3. The zero-order valence-electron chi connectivity index (χ0n) is 16.7. The first-order chi connectivity index (χ1) is 15.0. The van der Waals surface area contributed by atoms with Gasteiger partial charge in [-0.1, -0.05) is 25.3 Å². The van der Waals surface area contributed by atoms with Crippen LogP contribution in [0.5, 0.6) is 17.2 Å². The third-order valence-corrected chi connectivity index (χ3v) is 4.71. The zero-order chi connectivity index (χ0) is 22.0. The fourth-order valence-electron chi connectivity index (χ4n) is 3.31. The van der Waals surface area contributed by atoms with Gasteiger partial charge in [0.1, 0.15) is 17.1 Å². The van der Waals surface area contributed by atoms with Gasteiger partial charge in [-0.2, -0.15) is 0 Å². The van der Waals surface area contributed by atoms with Gasteiger partial charge in [-0.25, -0.2) is 9.59 Å². The summed E-state index contributed by atoms with van der Waals surface area (Å²) in [5.41, 5.74) is 2.81. The van der Waals surface area contributed by atoms with Crippen molar-refractivity contribution < 1.29 is 28.2 Å². The molecule has 6 nitrogen and oxygen atoms in total. The zero-order valence-corrected chi connectivity index (χ0v) is 16.7. The number of benzene rings is 3. The number of fused-ring (bicyclic) bond motifs is 3. The highest BCUT2D eigenvalue weighted by Crippen LogP contribution is 2.42. The van der Waals surface area contributed by atoms with E-state index >= 15 is 0 Å². The van der Waals surface area contributed by atoms with Gasteiger partial charge in [0, 0.05) is 34.6 Å². The molecule has 0 spiro atoms. The number of esters is 2. The smallest absolute Gasteiger partial charge is 0.335 e. The van der Waals surface area contributed by atoms with Crippen molar-refractivity contribution in [3.63, 3.8) is 0 Å². The number of furan rings is 1. The Hall–Kier alpha value is -4.32. The maximum absolute atomic E-state index is 11.5. The lowest BCUT2D eigenvalue weighted by Gasteiger charge is -2.10. The van der Waals surface area contributed by atoms with Crippen LogP contribution in [0.15, 0.2) is 84.3 Å². The Morgan fingerprint density at radius 2 is 1.45 bits per heavy atom. The molecule has 4 aromatic rings. The average molecular weight is 414 g/mol. The van der Waals surface area contributed by atoms with Crippen LogP contribution in [-0.4, -0.2) is 19.0 Å². The van der Waals surface area contributed by atoms with Gasteiger partial charge >= 0.3 is 11.9 Å². The van der Waals surface area contributed by atoms with E-state index in [2.05, 4.69) is 13.2 Å². The van der Waals surface area contributed by atoms with E-state index in [0.717, 1.165) is 34.1 Å². The summed E-state index contributed by atoms with van der Waals surface area (Å²) in [7, 11) is 1.57. The molecule has 0 saturated carbocycles. The number of methoxy groups -OCH3 is 1. The Bertz CT molecular complexity index is 1330. The van der Waals surface area contributed by atoms with Crippen LogP contribution in [0.4, 0.5) is 0 Å². The van der Waals surface area contributed by atoms with E-state index in [-0.39, 0.29) is 0 Å². The summed E-state index contributed by atoms with van der Waals surface area (Å²) in [5, 5.41) is 1.73. The van der Waals surface area contributed by atoms with E-state index in [1.165, 1.54) is 0 Å². The van der Waals surface area contributed by atoms with Crippen LogP contribution in [0.2, 0.25) is 0 Å². The van der Waals surface area contributed by atoms with Crippen molar-refractivity contribution in [3.8, 4) is 28.4 Å². The maximum atomic E-state index is 11.5. The number of carbonyl (C=O) groups excluding carboxylic acids is 2. The molecule has 0 N–H and O–H groups in total. The van der Waals surface area contributed by atoms with Gasteiger partial charge in [-0.3, -0.25) is 0 Å². The minimum atomic E-state index is -0.544. The molecule has 154 valence electrons. The highest BCUT2D eigenvalue weighted by molar-refractivity contribution is 6.09. The maximum Gasteiger partial charge on any atom is 0.335 e. The summed E-state index contributed by atoms with van der Waals surface area (Å²) < 4.78 is 22.0. The monoisotopic (exact) mass is 414 g/mol. The lowest BCUT2D eigenvalue weighted by molar-refractivity contribution is -0.129. The summed E-state index contributed by atoms with van der Waals surface area (Å²) in [6.07, 6.45) is 2.21. The topological polar surface area (TPSA) is 75.0 Å². The number of hydrogen-bond acceptors (Lipinski definition) is 6. The summed E-state index contributed by atoms with van der Waals surface area (Å²) in [6, 6.07) is 16.1. The van der Waals surface area contributed by atoms with Crippen LogP contribution in [0, 0.1) is 0 Å². The van der Waals surface area contributed by atoms with Gasteiger partial charge in [0.15, 0.2) is 11.3 Å². The molecule has 0 radical (unpaired) electrons. The van der Waals surface area contributed by atoms with E-state index in [1.807, 2.05) is 30.3 Å². The second-order valence-electron chi connectivity index (χ2n) is 6.56. The lowest BCUT2D eigenvalue weighted by Crippen LogP contribution is -2.02. The molecular formula is C25H18O6. The van der Waals surface area contributed by atoms with E-state index in [0.29, 0.717) is 28.4 Å². The number of rotatable bonds is 6. The minimum absolute atomic E-state index is 0.361. The molecule has 31 heavy (non-hydrogen) atoms. The van der Waals surface area contributed by atoms with Gasteiger partial charge in [0.05, 0.1) is 7.11 Å². The average Bonchev–Trinajstić information content (AvgIpc) is 3.16. The molecule has 0 aliphatic heterocycles. The van der Waals surface area contributed by atoms with Crippen molar-refractivity contribution in [2.24, 2.45) is 0 Å². The standard InChI is InChI=1S/C25H18O6/c1-4-22(26)29-16-8-6-15(7-9-16)18-12-13-20-19-11-10-17(30-23(27)5-2)14-21(19)31-25(20)24(18)28-3/h4-14H,1-2H2,3H3. The van der Waals surface area contributed by atoms with E-state index in [1.54, 1.807) is 31.4 Å². The molecule has 0 aliphatic carbocycles. The predicted octanol–water partition coefficient (Wildman–Crippen LogP) is 5.44. The van der Waals surface area contributed by atoms with Gasteiger partial charge in [-0.05, 0) is 42.0 Å². The van der Waals surface area contributed by atoms with E-state index in [4.69, 9.17) is 18.6 Å². The third-order valence-electron chi connectivity index (χ3n) is 4.71. The molecule has 0 fully saturated rings. The summed E-state index contributed by atoms with van der Waals surface area (Å²) in [5.74, 6) is 0.276. The van der Waals surface area contributed by atoms with Gasteiger partial charge in [-0.15, -0.1) is 0 Å². The van der Waals surface area contributed by atoms with Crippen molar-refractivity contribution in [1.82, 2.24) is 0 Å². The lowest BCUT2D eigenvalue weighted by atomic mass is 10.0. The molecule has 0 amide bonds. The second kappa shape index (κ2) is 8.20. The van der Waals surface area contributed by atoms with E-state index < -0.39 is 11.9 Å². The van der Waals surface area contributed by atoms with Crippen LogP contribution < -0.4 is 14.2 Å². The van der Waals surface area contributed by atoms with Gasteiger partial charge < -0.3 is 18.6 Å². The molecule has 0 bridgehead atoms. The van der Waals surface area contributed by atoms with Crippen molar-refractivity contribution in [2.45, 2.75) is 0 Å². The predicted molar refractivity (Wildman–Crippen MR) is 117 cm³/mol. The fraction of sp³-hybridized carbons (Fsp3) is 0.0400. The Morgan fingerprint density at radius 3 is 2.10 bits per heavy atom. The van der Waals surface area contributed by atoms with E-state index in [9.17, 15) is 9.59 Å². The normalized spacial score (nSPS) is 10.6. The van der Waals surface area contributed by atoms with Crippen molar-refractivity contribution in [2.75, 3.05) is 7.11 Å². The largest absolute Gasteiger partial charge is 0.492 e.